The third kappa shape index (κ3) is 7.31. The molecule has 140 valence electrons. The van der Waals surface area contributed by atoms with Crippen LogP contribution in [0, 0.1) is 0 Å². The Hall–Kier alpha value is -1.16. The lowest BCUT2D eigenvalue weighted by molar-refractivity contribution is 0.371. The first kappa shape index (κ1) is 21.9. The molecule has 2 rings (SSSR count). The van der Waals surface area contributed by atoms with Crippen molar-refractivity contribution in [1.29, 1.82) is 0 Å². The minimum absolute atomic E-state index is 0. The SMILES string of the molecule is CCNC(=NCC(C)c1ccsc1)NCCc1nc(C(C)C)no1.I. The first-order valence-corrected chi connectivity index (χ1v) is 9.41. The van der Waals surface area contributed by atoms with E-state index in [1.165, 1.54) is 5.56 Å². The summed E-state index contributed by atoms with van der Waals surface area (Å²) in [4.78, 5) is 9.05. The van der Waals surface area contributed by atoms with Crippen LogP contribution >= 0.6 is 35.3 Å². The largest absolute Gasteiger partial charge is 0.357 e. The molecule has 0 fully saturated rings. The second-order valence-electron chi connectivity index (χ2n) is 6.06. The number of nitrogens with one attached hydrogen (secondary N) is 2. The van der Waals surface area contributed by atoms with E-state index in [-0.39, 0.29) is 29.9 Å². The van der Waals surface area contributed by atoms with E-state index < -0.39 is 0 Å². The maximum Gasteiger partial charge on any atom is 0.228 e. The van der Waals surface area contributed by atoms with Gasteiger partial charge in [-0.25, -0.2) is 0 Å². The average Bonchev–Trinajstić information content (AvgIpc) is 3.23. The van der Waals surface area contributed by atoms with Crippen LogP contribution in [0.2, 0.25) is 0 Å². The van der Waals surface area contributed by atoms with Crippen LogP contribution in [0.15, 0.2) is 26.3 Å². The molecule has 1 unspecified atom stereocenters. The van der Waals surface area contributed by atoms with Crippen LogP contribution in [0.4, 0.5) is 0 Å². The highest BCUT2D eigenvalue weighted by Gasteiger charge is 2.10. The van der Waals surface area contributed by atoms with Crippen molar-refractivity contribution in [3.63, 3.8) is 0 Å². The van der Waals surface area contributed by atoms with Crippen LogP contribution in [0.3, 0.4) is 0 Å². The lowest BCUT2D eigenvalue weighted by Crippen LogP contribution is -2.38. The normalized spacial score (nSPS) is 12.8. The minimum atomic E-state index is 0. The van der Waals surface area contributed by atoms with Crippen LogP contribution < -0.4 is 10.6 Å². The summed E-state index contributed by atoms with van der Waals surface area (Å²) in [5.74, 6) is 2.94. The molecule has 0 aliphatic carbocycles. The molecule has 2 heterocycles. The molecule has 0 bridgehead atoms. The molecule has 2 N–H and O–H groups in total. The summed E-state index contributed by atoms with van der Waals surface area (Å²) in [5, 5.41) is 14.9. The molecule has 2 aromatic heterocycles. The van der Waals surface area contributed by atoms with Gasteiger partial charge < -0.3 is 15.2 Å². The molecular weight excluding hydrogens is 449 g/mol. The number of guanidine groups is 1. The number of nitrogens with zero attached hydrogens (tertiary/aromatic N) is 3. The van der Waals surface area contributed by atoms with Crippen LogP contribution in [0.1, 0.15) is 56.8 Å². The van der Waals surface area contributed by atoms with Gasteiger partial charge in [0.1, 0.15) is 0 Å². The van der Waals surface area contributed by atoms with E-state index in [9.17, 15) is 0 Å². The van der Waals surface area contributed by atoms with Gasteiger partial charge in [-0.05, 0) is 29.3 Å². The van der Waals surface area contributed by atoms with Crippen LogP contribution in [0.5, 0.6) is 0 Å². The second kappa shape index (κ2) is 11.5. The Balaban J connectivity index is 0.00000312. The summed E-state index contributed by atoms with van der Waals surface area (Å²) >= 11 is 1.72. The molecule has 6 nitrogen and oxygen atoms in total. The van der Waals surface area contributed by atoms with Gasteiger partial charge >= 0.3 is 0 Å². The van der Waals surface area contributed by atoms with E-state index in [2.05, 4.69) is 70.3 Å². The van der Waals surface area contributed by atoms with Crippen LogP contribution in [0.25, 0.3) is 0 Å². The lowest BCUT2D eigenvalue weighted by atomic mass is 10.1. The smallest absolute Gasteiger partial charge is 0.228 e. The van der Waals surface area contributed by atoms with E-state index in [0.717, 1.165) is 24.9 Å². The molecule has 25 heavy (non-hydrogen) atoms. The molecule has 2 aromatic rings. The average molecular weight is 477 g/mol. The predicted molar refractivity (Wildman–Crippen MR) is 114 cm³/mol. The summed E-state index contributed by atoms with van der Waals surface area (Å²) < 4.78 is 5.25. The standard InChI is InChI=1S/C17H27N5OS.HI/c1-5-18-17(20-10-13(4)14-7-9-24-11-14)19-8-6-15-21-16(12(2)3)22-23-15;/h7,9,11-13H,5-6,8,10H2,1-4H3,(H2,18,19,20);1H. The maximum atomic E-state index is 5.25. The summed E-state index contributed by atoms with van der Waals surface area (Å²) in [7, 11) is 0. The fourth-order valence-corrected chi connectivity index (χ4v) is 2.90. The minimum Gasteiger partial charge on any atom is -0.357 e. The summed E-state index contributed by atoms with van der Waals surface area (Å²) in [6, 6.07) is 2.16. The molecule has 0 saturated carbocycles. The van der Waals surface area contributed by atoms with Gasteiger partial charge in [0.05, 0.1) is 0 Å². The Morgan fingerprint density at radius 1 is 1.32 bits per heavy atom. The molecule has 0 spiro atoms. The predicted octanol–water partition coefficient (Wildman–Crippen LogP) is 3.77. The zero-order valence-electron chi connectivity index (χ0n) is 15.3. The van der Waals surface area contributed by atoms with Crippen molar-refractivity contribution in [1.82, 2.24) is 20.8 Å². The summed E-state index contributed by atoms with van der Waals surface area (Å²) in [6.07, 6.45) is 0.685. The van der Waals surface area contributed by atoms with Crippen LogP contribution in [-0.4, -0.2) is 35.7 Å². The molecule has 0 aliphatic heterocycles. The zero-order chi connectivity index (χ0) is 17.4. The van der Waals surface area contributed by atoms with Crippen molar-refractivity contribution in [2.45, 2.75) is 46.0 Å². The van der Waals surface area contributed by atoms with E-state index in [4.69, 9.17) is 4.52 Å². The molecule has 0 radical (unpaired) electrons. The third-order valence-corrected chi connectivity index (χ3v) is 4.31. The highest BCUT2D eigenvalue weighted by Crippen LogP contribution is 2.18. The van der Waals surface area contributed by atoms with Crippen LogP contribution in [-0.2, 0) is 6.42 Å². The lowest BCUT2D eigenvalue weighted by Gasteiger charge is -2.12. The summed E-state index contributed by atoms with van der Waals surface area (Å²) in [6.45, 7) is 10.7. The fourth-order valence-electron chi connectivity index (χ4n) is 2.12. The second-order valence-corrected chi connectivity index (χ2v) is 6.84. The van der Waals surface area contributed by atoms with Gasteiger partial charge in [0.15, 0.2) is 11.8 Å². The molecule has 1 atom stereocenters. The molecule has 8 heteroatoms. The van der Waals surface area contributed by atoms with Gasteiger partial charge in [-0.15, -0.1) is 24.0 Å². The third-order valence-electron chi connectivity index (χ3n) is 3.61. The van der Waals surface area contributed by atoms with Gasteiger partial charge in [-0.2, -0.15) is 16.3 Å². The van der Waals surface area contributed by atoms with Crippen molar-refractivity contribution in [2.75, 3.05) is 19.6 Å². The van der Waals surface area contributed by atoms with Crippen molar-refractivity contribution in [3.05, 3.63) is 34.1 Å². The number of aromatic nitrogens is 2. The quantitative estimate of drug-likeness (QED) is 0.344. The van der Waals surface area contributed by atoms with Gasteiger partial charge in [-0.1, -0.05) is 25.9 Å². The number of hydrogen-bond acceptors (Lipinski definition) is 5. The number of rotatable bonds is 8. The van der Waals surface area contributed by atoms with Crippen molar-refractivity contribution in [3.8, 4) is 0 Å². The highest BCUT2D eigenvalue weighted by atomic mass is 127. The number of halogens is 1. The molecular formula is C17H28IN5OS. The fraction of sp³-hybridized carbons (Fsp3) is 0.588. The molecule has 0 amide bonds. The van der Waals surface area contributed by atoms with Crippen molar-refractivity contribution >= 4 is 41.3 Å². The van der Waals surface area contributed by atoms with Crippen molar-refractivity contribution < 1.29 is 4.52 Å². The van der Waals surface area contributed by atoms with Crippen molar-refractivity contribution in [2.24, 2.45) is 4.99 Å². The van der Waals surface area contributed by atoms with E-state index in [1.807, 2.05) is 0 Å². The Morgan fingerprint density at radius 3 is 2.72 bits per heavy atom. The molecule has 0 saturated heterocycles. The monoisotopic (exact) mass is 477 g/mol. The van der Waals surface area contributed by atoms with E-state index in [0.29, 0.717) is 24.8 Å². The first-order valence-electron chi connectivity index (χ1n) is 8.46. The maximum absolute atomic E-state index is 5.25. The van der Waals surface area contributed by atoms with E-state index >= 15 is 0 Å². The van der Waals surface area contributed by atoms with Gasteiger partial charge in [-0.3, -0.25) is 4.99 Å². The first-order chi connectivity index (χ1) is 11.6. The highest BCUT2D eigenvalue weighted by molar-refractivity contribution is 14.0. The Kier molecular flexibility index (Phi) is 10.0. The Labute approximate surface area is 170 Å². The van der Waals surface area contributed by atoms with Gasteiger partial charge in [0.25, 0.3) is 0 Å². The number of thiophene rings is 1. The molecule has 0 aliphatic rings. The van der Waals surface area contributed by atoms with Gasteiger partial charge in [0, 0.05) is 37.9 Å². The Bertz CT molecular complexity index is 627. The van der Waals surface area contributed by atoms with E-state index in [1.54, 1.807) is 11.3 Å². The number of hydrogen-bond donors (Lipinski definition) is 2. The topological polar surface area (TPSA) is 75.3 Å². The Morgan fingerprint density at radius 2 is 2.12 bits per heavy atom. The van der Waals surface area contributed by atoms with Gasteiger partial charge in [0.2, 0.25) is 5.89 Å². The number of aliphatic imine (C=N–C) groups is 1. The zero-order valence-corrected chi connectivity index (χ0v) is 18.4. The molecule has 0 aromatic carbocycles. The summed E-state index contributed by atoms with van der Waals surface area (Å²) in [5.41, 5.74) is 1.34.